The summed E-state index contributed by atoms with van der Waals surface area (Å²) in [5, 5.41) is 4.72. The number of aromatic nitrogens is 1. The largest absolute Gasteiger partial charge is 0.527 e. The monoisotopic (exact) mass is 655 g/mol. The van der Waals surface area contributed by atoms with Crippen molar-refractivity contribution >= 4 is 25.3 Å². The number of phosphoric acid groups is 1. The minimum Gasteiger partial charge on any atom is -0.447 e. The quantitative estimate of drug-likeness (QED) is 0.0564. The number of methoxy groups -OCH3 is 1. The minimum absolute atomic E-state index is 0.116. The molecule has 2 aromatic rings. The third-order valence-electron chi connectivity index (χ3n) is 7.47. The lowest BCUT2D eigenvalue weighted by molar-refractivity contribution is -0.683. The Hall–Kier alpha value is -1.97. The molecule has 0 aliphatic carbocycles. The molecule has 0 saturated heterocycles. The molecule has 1 aromatic heterocycles. The third kappa shape index (κ3) is 19.4. The molecule has 1 aromatic carbocycles. The van der Waals surface area contributed by atoms with E-state index in [0.29, 0.717) is 13.1 Å². The standard InChI is InChI=1S/C33H55N2O7PS/c1-3-4-5-6-7-8-9-10-11-12-13-14-15-16-17-18-22-34-33(36)40-27-32(39-2)28-41-43(37,38)42-31-21-19-20-30(25-31)26-35-23-24-44-29-35/h19-21,23-25,29,32H,3-18,22,26-28H2,1-2H3,(H-,34,36,37,38)/p+1. The zero-order valence-electron chi connectivity index (χ0n) is 27.0. The lowest BCUT2D eigenvalue weighted by Gasteiger charge is -2.18. The fourth-order valence-corrected chi connectivity index (χ4v) is 6.25. The number of benzene rings is 1. The molecule has 1 heterocycles. The Morgan fingerprint density at radius 1 is 0.932 bits per heavy atom. The van der Waals surface area contributed by atoms with Crippen LogP contribution in [0.5, 0.6) is 5.75 Å². The van der Waals surface area contributed by atoms with E-state index in [4.69, 9.17) is 18.5 Å². The number of amides is 1. The fourth-order valence-electron chi connectivity index (χ4n) is 4.87. The summed E-state index contributed by atoms with van der Waals surface area (Å²) in [6, 6.07) is 6.94. The minimum atomic E-state index is -4.41. The molecule has 9 nitrogen and oxygen atoms in total. The van der Waals surface area contributed by atoms with E-state index in [1.165, 1.54) is 97.0 Å². The molecule has 0 saturated carbocycles. The van der Waals surface area contributed by atoms with Crippen molar-refractivity contribution in [3.8, 4) is 5.75 Å². The van der Waals surface area contributed by atoms with Crippen LogP contribution in [0.15, 0.2) is 41.4 Å². The molecule has 2 unspecified atom stereocenters. The number of nitrogens with one attached hydrogen (secondary N) is 1. The van der Waals surface area contributed by atoms with Gasteiger partial charge in [-0.3, -0.25) is 9.42 Å². The van der Waals surface area contributed by atoms with Crippen molar-refractivity contribution in [1.29, 1.82) is 0 Å². The Labute approximate surface area is 269 Å². The fraction of sp³-hybridized carbons (Fsp3) is 0.697. The molecule has 0 bridgehead atoms. The summed E-state index contributed by atoms with van der Waals surface area (Å²) < 4.78 is 35.3. The van der Waals surface area contributed by atoms with Gasteiger partial charge in [0.2, 0.25) is 5.51 Å². The maximum atomic E-state index is 12.5. The van der Waals surface area contributed by atoms with E-state index >= 15 is 0 Å². The summed E-state index contributed by atoms with van der Waals surface area (Å²) in [5.74, 6) is 0.225. The predicted molar refractivity (Wildman–Crippen MR) is 176 cm³/mol. The van der Waals surface area contributed by atoms with Crippen LogP contribution < -0.4 is 14.4 Å². The van der Waals surface area contributed by atoms with Gasteiger partial charge in [0, 0.05) is 19.2 Å². The summed E-state index contributed by atoms with van der Waals surface area (Å²) in [6.45, 7) is 3.04. The van der Waals surface area contributed by atoms with Gasteiger partial charge >= 0.3 is 13.9 Å². The van der Waals surface area contributed by atoms with Crippen molar-refractivity contribution in [2.75, 3.05) is 26.9 Å². The number of ether oxygens (including phenoxy) is 2. The highest BCUT2D eigenvalue weighted by Gasteiger charge is 2.26. The van der Waals surface area contributed by atoms with Crippen LogP contribution in [0.1, 0.15) is 115 Å². The van der Waals surface area contributed by atoms with Crippen LogP contribution in [-0.4, -0.2) is 44.0 Å². The van der Waals surface area contributed by atoms with Crippen molar-refractivity contribution in [2.45, 2.75) is 122 Å². The van der Waals surface area contributed by atoms with Crippen molar-refractivity contribution in [2.24, 2.45) is 0 Å². The van der Waals surface area contributed by atoms with E-state index in [2.05, 4.69) is 12.2 Å². The first kappa shape index (κ1) is 38.2. The van der Waals surface area contributed by atoms with Gasteiger partial charge in [0.1, 0.15) is 18.5 Å². The molecule has 0 aliphatic heterocycles. The van der Waals surface area contributed by atoms with E-state index in [1.54, 1.807) is 29.5 Å². The van der Waals surface area contributed by atoms with Crippen molar-refractivity contribution < 1.29 is 37.3 Å². The SMILES string of the molecule is CCCCCCCCCCCCCCCCCCNC(=O)OCC(COP(=O)(O)Oc1cccc(C[n+]2ccsc2)c1)OC. The average molecular weight is 656 g/mol. The molecular formula is C33H56N2O7PS+. The van der Waals surface area contributed by atoms with Crippen LogP contribution in [0.25, 0.3) is 0 Å². The van der Waals surface area contributed by atoms with E-state index in [-0.39, 0.29) is 19.0 Å². The number of thiazole rings is 1. The number of hydrogen-bond acceptors (Lipinski definition) is 7. The van der Waals surface area contributed by atoms with Crippen molar-refractivity contribution in [3.05, 3.63) is 46.9 Å². The van der Waals surface area contributed by atoms with Gasteiger partial charge in [-0.25, -0.2) is 9.36 Å². The molecule has 0 aliphatic rings. The van der Waals surface area contributed by atoms with Crippen molar-refractivity contribution in [3.63, 3.8) is 0 Å². The number of carbonyl (C=O) groups is 1. The van der Waals surface area contributed by atoms with E-state index < -0.39 is 20.0 Å². The lowest BCUT2D eigenvalue weighted by atomic mass is 10.0. The number of carbonyl (C=O) groups excluding carboxylic acids is 1. The molecule has 0 spiro atoms. The van der Waals surface area contributed by atoms with Gasteiger partial charge in [-0.1, -0.05) is 127 Å². The molecule has 2 N–H and O–H groups in total. The first-order valence-corrected chi connectivity index (χ1v) is 19.0. The van der Waals surface area contributed by atoms with Crippen LogP contribution >= 0.6 is 19.2 Å². The van der Waals surface area contributed by atoms with Gasteiger partial charge in [0.15, 0.2) is 12.7 Å². The molecule has 0 radical (unpaired) electrons. The molecule has 2 atom stereocenters. The zero-order valence-corrected chi connectivity index (χ0v) is 28.7. The van der Waals surface area contributed by atoms with E-state index in [9.17, 15) is 14.3 Å². The van der Waals surface area contributed by atoms with Gasteiger partial charge in [0.05, 0.1) is 12.0 Å². The smallest absolute Gasteiger partial charge is 0.447 e. The lowest BCUT2D eigenvalue weighted by Crippen LogP contribution is -2.31. The van der Waals surface area contributed by atoms with Gasteiger partial charge in [-0.2, -0.15) is 4.57 Å². The molecular weight excluding hydrogens is 599 g/mol. The van der Waals surface area contributed by atoms with E-state index in [0.717, 1.165) is 18.4 Å². The summed E-state index contributed by atoms with van der Waals surface area (Å²) in [7, 11) is -2.99. The second-order valence-electron chi connectivity index (χ2n) is 11.4. The van der Waals surface area contributed by atoms with Gasteiger partial charge in [0.25, 0.3) is 0 Å². The molecule has 2 rings (SSSR count). The van der Waals surface area contributed by atoms with Gasteiger partial charge in [-0.15, -0.1) is 0 Å². The van der Waals surface area contributed by atoms with Crippen LogP contribution in [-0.2, 0) is 25.1 Å². The number of nitrogens with zero attached hydrogens (tertiary/aromatic N) is 1. The van der Waals surface area contributed by atoms with Crippen LogP contribution in [0.3, 0.4) is 0 Å². The average Bonchev–Trinajstić information content (AvgIpc) is 3.51. The second-order valence-corrected chi connectivity index (χ2v) is 13.5. The maximum absolute atomic E-state index is 12.5. The summed E-state index contributed by atoms with van der Waals surface area (Å²) >= 11 is 1.58. The molecule has 1 amide bonds. The number of rotatable bonds is 27. The Bertz CT molecular complexity index is 1040. The van der Waals surface area contributed by atoms with Crippen LogP contribution in [0.4, 0.5) is 4.79 Å². The summed E-state index contributed by atoms with van der Waals surface area (Å²) in [4.78, 5) is 22.2. The Balaban J connectivity index is 1.45. The number of hydrogen-bond donors (Lipinski definition) is 2. The summed E-state index contributed by atoms with van der Waals surface area (Å²) in [6.07, 6.45) is 21.6. The number of unbranched alkanes of at least 4 members (excludes halogenated alkanes) is 15. The van der Waals surface area contributed by atoms with Crippen LogP contribution in [0.2, 0.25) is 0 Å². The highest BCUT2D eigenvalue weighted by Crippen LogP contribution is 2.44. The van der Waals surface area contributed by atoms with Crippen molar-refractivity contribution in [1.82, 2.24) is 5.32 Å². The molecule has 250 valence electrons. The second kappa shape index (κ2) is 24.3. The Kier molecular flexibility index (Phi) is 21.1. The first-order chi connectivity index (χ1) is 21.4. The number of phosphoric ester groups is 1. The highest BCUT2D eigenvalue weighted by atomic mass is 32.1. The third-order valence-corrected chi connectivity index (χ3v) is 9.06. The summed E-state index contributed by atoms with van der Waals surface area (Å²) in [5.41, 5.74) is 2.89. The highest BCUT2D eigenvalue weighted by molar-refractivity contribution is 7.47. The maximum Gasteiger partial charge on any atom is 0.527 e. The molecule has 11 heteroatoms. The Morgan fingerprint density at radius 3 is 2.11 bits per heavy atom. The molecule has 0 fully saturated rings. The van der Waals surface area contributed by atoms with Gasteiger partial charge < -0.3 is 19.3 Å². The normalized spacial score (nSPS) is 13.3. The van der Waals surface area contributed by atoms with E-state index in [1.807, 2.05) is 27.7 Å². The first-order valence-electron chi connectivity index (χ1n) is 16.5. The zero-order chi connectivity index (χ0) is 31.7. The Morgan fingerprint density at radius 2 is 1.55 bits per heavy atom. The topological polar surface area (TPSA) is 107 Å². The number of alkyl carbamates (subject to hydrolysis) is 1. The predicted octanol–water partition coefficient (Wildman–Crippen LogP) is 8.58. The van der Waals surface area contributed by atoms with Crippen LogP contribution in [0, 0.1) is 0 Å². The van der Waals surface area contributed by atoms with Gasteiger partial charge in [-0.05, 0) is 18.6 Å². The molecule has 44 heavy (non-hydrogen) atoms.